The number of amides is 1. The lowest BCUT2D eigenvalue weighted by Gasteiger charge is -2.37. The molecule has 0 bridgehead atoms. The molecule has 7 nitrogen and oxygen atoms in total. The standard InChI is InChI=1S/C35H48ClN3O4Si/c1-25(2)39(21-22-43-44(6,7)34(3,4)5)33(41)30-31(42-24-26-13-9-8-10-14-26)32(40)38-29(37-30)23-35(19-11-12-20-35)27-15-17-28(36)18-16-27/h8-10,13-18,25H,11-12,19-24H2,1-7H3,(H,37,38,40). The van der Waals surface area contributed by atoms with Gasteiger partial charge in [0.05, 0.1) is 6.61 Å². The van der Waals surface area contributed by atoms with Crippen LogP contribution in [0.5, 0.6) is 5.75 Å². The van der Waals surface area contributed by atoms with Crippen molar-refractivity contribution < 1.29 is 14.0 Å². The minimum absolute atomic E-state index is 0.0463. The second kappa shape index (κ2) is 14.0. The highest BCUT2D eigenvalue weighted by Gasteiger charge is 2.39. The summed E-state index contributed by atoms with van der Waals surface area (Å²) in [6, 6.07) is 17.4. The Bertz CT molecular complexity index is 1460. The van der Waals surface area contributed by atoms with Crippen molar-refractivity contribution in [1.29, 1.82) is 0 Å². The third-order valence-corrected chi connectivity index (χ3v) is 14.2. The molecule has 1 saturated carbocycles. The molecule has 9 heteroatoms. The van der Waals surface area contributed by atoms with Gasteiger partial charge in [-0.2, -0.15) is 0 Å². The van der Waals surface area contributed by atoms with Crippen LogP contribution in [-0.2, 0) is 22.9 Å². The molecule has 3 aromatic rings. The summed E-state index contributed by atoms with van der Waals surface area (Å²) in [6.45, 7) is 15.9. The fraction of sp³-hybridized carbons (Fsp3) is 0.514. The van der Waals surface area contributed by atoms with Crippen molar-refractivity contribution in [3.8, 4) is 5.75 Å². The SMILES string of the molecule is CC(C)N(CCO[Si](C)(C)C(C)(C)C)C(=O)c1nc(CC2(c3ccc(Cl)cc3)CCCC2)[nH]c(=O)c1OCc1ccccc1. The number of hydrogen-bond acceptors (Lipinski definition) is 5. The number of aromatic nitrogens is 2. The predicted molar refractivity (Wildman–Crippen MR) is 180 cm³/mol. The summed E-state index contributed by atoms with van der Waals surface area (Å²) >= 11 is 6.21. The van der Waals surface area contributed by atoms with Crippen LogP contribution in [0.25, 0.3) is 0 Å². The van der Waals surface area contributed by atoms with Crippen LogP contribution in [0.15, 0.2) is 59.4 Å². The molecule has 1 amide bonds. The molecular weight excluding hydrogens is 590 g/mol. The Morgan fingerprint density at radius 2 is 1.70 bits per heavy atom. The summed E-state index contributed by atoms with van der Waals surface area (Å²) in [5, 5.41) is 0.745. The van der Waals surface area contributed by atoms with Crippen LogP contribution >= 0.6 is 11.6 Å². The smallest absolute Gasteiger partial charge is 0.294 e. The van der Waals surface area contributed by atoms with Crippen LogP contribution in [0.2, 0.25) is 23.2 Å². The Labute approximate surface area is 268 Å². The molecule has 1 aliphatic rings. The zero-order chi connectivity index (χ0) is 32.1. The van der Waals surface area contributed by atoms with Gasteiger partial charge in [0.1, 0.15) is 12.4 Å². The van der Waals surface area contributed by atoms with Crippen LogP contribution in [-0.4, -0.2) is 48.3 Å². The molecule has 4 rings (SSSR count). The first-order chi connectivity index (χ1) is 20.7. The Hall–Kier alpha value is -2.94. The molecule has 238 valence electrons. The van der Waals surface area contributed by atoms with Crippen molar-refractivity contribution in [2.45, 2.75) is 103 Å². The molecule has 1 fully saturated rings. The van der Waals surface area contributed by atoms with Gasteiger partial charge in [0, 0.05) is 29.4 Å². The van der Waals surface area contributed by atoms with Crippen molar-refractivity contribution in [2.75, 3.05) is 13.2 Å². The number of aromatic amines is 1. The Morgan fingerprint density at radius 3 is 2.30 bits per heavy atom. The molecule has 0 aliphatic heterocycles. The minimum Gasteiger partial charge on any atom is -0.481 e. The zero-order valence-corrected chi connectivity index (χ0v) is 29.1. The maximum absolute atomic E-state index is 14.3. The average Bonchev–Trinajstić information content (AvgIpc) is 3.43. The first kappa shape index (κ1) is 33.9. The fourth-order valence-corrected chi connectivity index (χ4v) is 6.85. The van der Waals surface area contributed by atoms with Crippen LogP contribution < -0.4 is 10.3 Å². The number of halogens is 1. The molecule has 44 heavy (non-hydrogen) atoms. The van der Waals surface area contributed by atoms with E-state index in [0.717, 1.165) is 31.2 Å². The number of nitrogens with one attached hydrogen (secondary N) is 1. The van der Waals surface area contributed by atoms with Crippen LogP contribution in [0.4, 0.5) is 0 Å². The molecule has 0 saturated heterocycles. The van der Waals surface area contributed by atoms with E-state index in [1.807, 2.05) is 56.3 Å². The van der Waals surface area contributed by atoms with E-state index in [4.69, 9.17) is 25.7 Å². The van der Waals surface area contributed by atoms with E-state index in [-0.39, 0.29) is 40.5 Å². The van der Waals surface area contributed by atoms with Gasteiger partial charge < -0.3 is 19.0 Å². The highest BCUT2D eigenvalue weighted by molar-refractivity contribution is 6.74. The van der Waals surface area contributed by atoms with Gasteiger partial charge in [-0.15, -0.1) is 0 Å². The molecule has 0 spiro atoms. The van der Waals surface area contributed by atoms with Crippen molar-refractivity contribution in [3.05, 3.63) is 92.6 Å². The Kier molecular flexibility index (Phi) is 10.8. The van der Waals surface area contributed by atoms with Crippen molar-refractivity contribution >= 4 is 25.8 Å². The highest BCUT2D eigenvalue weighted by atomic mass is 35.5. The quantitative estimate of drug-likeness (QED) is 0.204. The predicted octanol–water partition coefficient (Wildman–Crippen LogP) is 7.93. The number of carbonyl (C=O) groups is 1. The first-order valence-corrected chi connectivity index (χ1v) is 19.0. The molecule has 1 heterocycles. The first-order valence-electron chi connectivity index (χ1n) is 15.7. The normalized spacial score (nSPS) is 15.0. The summed E-state index contributed by atoms with van der Waals surface area (Å²) in [7, 11) is -2.01. The molecule has 1 aliphatic carbocycles. The van der Waals surface area contributed by atoms with Gasteiger partial charge in [0.2, 0.25) is 5.75 Å². The maximum Gasteiger partial charge on any atom is 0.294 e. The van der Waals surface area contributed by atoms with E-state index >= 15 is 0 Å². The number of H-pyrrole nitrogens is 1. The van der Waals surface area contributed by atoms with E-state index in [0.29, 0.717) is 30.4 Å². The number of benzene rings is 2. The lowest BCUT2D eigenvalue weighted by atomic mass is 9.76. The van der Waals surface area contributed by atoms with Crippen LogP contribution in [0.3, 0.4) is 0 Å². The lowest BCUT2D eigenvalue weighted by Crippen LogP contribution is -2.45. The van der Waals surface area contributed by atoms with E-state index < -0.39 is 13.9 Å². The van der Waals surface area contributed by atoms with Crippen molar-refractivity contribution in [1.82, 2.24) is 14.9 Å². The van der Waals surface area contributed by atoms with Gasteiger partial charge in [-0.25, -0.2) is 4.98 Å². The zero-order valence-electron chi connectivity index (χ0n) is 27.3. The van der Waals surface area contributed by atoms with E-state index in [2.05, 4.69) is 51.0 Å². The van der Waals surface area contributed by atoms with Gasteiger partial charge in [-0.05, 0) is 68.1 Å². The number of rotatable bonds is 12. The number of nitrogens with zero attached hydrogens (tertiary/aromatic N) is 2. The molecular formula is C35H48ClN3O4Si. The van der Waals surface area contributed by atoms with Gasteiger partial charge in [0.25, 0.3) is 11.5 Å². The molecule has 2 aromatic carbocycles. The Balaban J connectivity index is 1.69. The van der Waals surface area contributed by atoms with E-state index in [1.165, 1.54) is 5.56 Å². The minimum atomic E-state index is -2.01. The summed E-state index contributed by atoms with van der Waals surface area (Å²) in [5.41, 5.74) is 1.48. The van der Waals surface area contributed by atoms with Gasteiger partial charge in [-0.3, -0.25) is 9.59 Å². The van der Waals surface area contributed by atoms with E-state index in [9.17, 15) is 9.59 Å². The van der Waals surface area contributed by atoms with Gasteiger partial charge in [0.15, 0.2) is 14.0 Å². The Morgan fingerprint density at radius 1 is 1.07 bits per heavy atom. The van der Waals surface area contributed by atoms with E-state index in [1.54, 1.807) is 4.90 Å². The maximum atomic E-state index is 14.3. The summed E-state index contributed by atoms with van der Waals surface area (Å²) < 4.78 is 12.5. The largest absolute Gasteiger partial charge is 0.481 e. The molecule has 0 unspecified atom stereocenters. The molecule has 1 N–H and O–H groups in total. The van der Waals surface area contributed by atoms with Crippen molar-refractivity contribution in [3.63, 3.8) is 0 Å². The number of carbonyl (C=O) groups excluding carboxylic acids is 1. The summed E-state index contributed by atoms with van der Waals surface area (Å²) in [5.74, 6) is 0.107. The monoisotopic (exact) mass is 637 g/mol. The number of hydrogen-bond donors (Lipinski definition) is 1. The number of ether oxygens (including phenoxy) is 1. The van der Waals surface area contributed by atoms with Crippen LogP contribution in [0, 0.1) is 0 Å². The summed E-state index contributed by atoms with van der Waals surface area (Å²) in [6.07, 6.45) is 4.63. The molecule has 1 aromatic heterocycles. The van der Waals surface area contributed by atoms with Crippen LogP contribution in [0.1, 0.15) is 87.7 Å². The average molecular weight is 638 g/mol. The van der Waals surface area contributed by atoms with Gasteiger partial charge >= 0.3 is 0 Å². The lowest BCUT2D eigenvalue weighted by molar-refractivity contribution is 0.0657. The topological polar surface area (TPSA) is 84.5 Å². The fourth-order valence-electron chi connectivity index (χ4n) is 5.69. The van der Waals surface area contributed by atoms with Crippen molar-refractivity contribution in [2.24, 2.45) is 0 Å². The third-order valence-electron chi connectivity index (χ3n) is 9.36. The van der Waals surface area contributed by atoms with Gasteiger partial charge in [-0.1, -0.05) is 87.7 Å². The second-order valence-corrected chi connectivity index (χ2v) is 19.1. The molecule has 0 atom stereocenters. The molecule has 0 radical (unpaired) electrons. The third kappa shape index (κ3) is 8.01. The highest BCUT2D eigenvalue weighted by Crippen LogP contribution is 2.43. The second-order valence-electron chi connectivity index (χ2n) is 13.8. The summed E-state index contributed by atoms with van der Waals surface area (Å²) in [4.78, 5) is 37.5.